The zero-order valence-electron chi connectivity index (χ0n) is 9.50. The average molecular weight is 276 g/mol. The SMILES string of the molecule is N[C@@H]1C(=O)Nc2ccccc2S[C@H]1c1cccs1. The first kappa shape index (κ1) is 11.8. The lowest BCUT2D eigenvalue weighted by Gasteiger charge is -2.17. The lowest BCUT2D eigenvalue weighted by Crippen LogP contribution is -2.38. The van der Waals surface area contributed by atoms with Crippen molar-refractivity contribution in [1.29, 1.82) is 0 Å². The predicted molar refractivity (Wildman–Crippen MR) is 76.0 cm³/mol. The Morgan fingerprint density at radius 2 is 2.00 bits per heavy atom. The number of nitrogens with one attached hydrogen (secondary N) is 1. The Morgan fingerprint density at radius 3 is 2.78 bits per heavy atom. The predicted octanol–water partition coefficient (Wildman–Crippen LogP) is 2.86. The molecule has 0 saturated heterocycles. The van der Waals surface area contributed by atoms with Crippen LogP contribution in [0.2, 0.25) is 0 Å². The van der Waals surface area contributed by atoms with Gasteiger partial charge in [-0.2, -0.15) is 0 Å². The number of amides is 1. The Bertz CT molecular complexity index is 568. The Labute approximate surface area is 113 Å². The molecule has 5 heteroatoms. The molecule has 0 spiro atoms. The zero-order valence-corrected chi connectivity index (χ0v) is 11.1. The molecule has 3 N–H and O–H groups in total. The van der Waals surface area contributed by atoms with E-state index in [1.807, 2.05) is 41.8 Å². The number of hydrogen-bond acceptors (Lipinski definition) is 4. The van der Waals surface area contributed by atoms with Crippen molar-refractivity contribution < 1.29 is 4.79 Å². The number of carbonyl (C=O) groups excluding carboxylic acids is 1. The number of benzene rings is 1. The summed E-state index contributed by atoms with van der Waals surface area (Å²) in [6.45, 7) is 0. The molecular formula is C13H12N2OS2. The molecule has 3 nitrogen and oxygen atoms in total. The third-order valence-corrected chi connectivity index (χ3v) is 5.37. The van der Waals surface area contributed by atoms with Crippen LogP contribution >= 0.6 is 23.1 Å². The fraction of sp³-hybridized carbons (Fsp3) is 0.154. The highest BCUT2D eigenvalue weighted by atomic mass is 32.2. The van der Waals surface area contributed by atoms with Gasteiger partial charge in [0.25, 0.3) is 0 Å². The molecule has 3 rings (SSSR count). The van der Waals surface area contributed by atoms with Gasteiger partial charge in [-0.05, 0) is 23.6 Å². The first-order valence-corrected chi connectivity index (χ1v) is 7.37. The van der Waals surface area contributed by atoms with Gasteiger partial charge in [0, 0.05) is 9.77 Å². The van der Waals surface area contributed by atoms with Crippen LogP contribution in [0, 0.1) is 0 Å². The summed E-state index contributed by atoms with van der Waals surface area (Å²) in [7, 11) is 0. The monoisotopic (exact) mass is 276 g/mol. The van der Waals surface area contributed by atoms with E-state index in [2.05, 4.69) is 5.32 Å². The van der Waals surface area contributed by atoms with Crippen LogP contribution in [0.1, 0.15) is 10.1 Å². The Balaban J connectivity index is 2.03. The molecule has 0 fully saturated rings. The molecule has 18 heavy (non-hydrogen) atoms. The lowest BCUT2D eigenvalue weighted by molar-refractivity contribution is -0.117. The van der Waals surface area contributed by atoms with Crippen LogP contribution in [0.5, 0.6) is 0 Å². The van der Waals surface area contributed by atoms with Crippen LogP contribution in [-0.4, -0.2) is 11.9 Å². The highest BCUT2D eigenvalue weighted by Gasteiger charge is 2.31. The maximum atomic E-state index is 12.0. The molecule has 0 aliphatic carbocycles. The second-order valence-electron chi connectivity index (χ2n) is 4.07. The molecule has 2 aromatic rings. The number of thiophene rings is 1. The Hall–Kier alpha value is -1.30. The first-order valence-electron chi connectivity index (χ1n) is 5.61. The number of hydrogen-bond donors (Lipinski definition) is 2. The Kier molecular flexibility index (Phi) is 3.11. The maximum Gasteiger partial charge on any atom is 0.242 e. The van der Waals surface area contributed by atoms with Gasteiger partial charge in [-0.3, -0.25) is 4.79 Å². The molecular weight excluding hydrogens is 264 g/mol. The van der Waals surface area contributed by atoms with Crippen molar-refractivity contribution in [2.24, 2.45) is 5.73 Å². The molecule has 2 atom stereocenters. The van der Waals surface area contributed by atoms with E-state index >= 15 is 0 Å². The molecule has 1 aromatic heterocycles. The van der Waals surface area contributed by atoms with E-state index < -0.39 is 6.04 Å². The lowest BCUT2D eigenvalue weighted by atomic mass is 10.1. The molecule has 1 amide bonds. The van der Waals surface area contributed by atoms with Gasteiger partial charge in [0.05, 0.1) is 10.9 Å². The van der Waals surface area contributed by atoms with Crippen molar-refractivity contribution in [1.82, 2.24) is 0 Å². The molecule has 92 valence electrons. The van der Waals surface area contributed by atoms with Crippen molar-refractivity contribution in [3.8, 4) is 0 Å². The van der Waals surface area contributed by atoms with Gasteiger partial charge in [0.15, 0.2) is 0 Å². The fourth-order valence-electron chi connectivity index (χ4n) is 1.92. The minimum absolute atomic E-state index is 0.0198. The summed E-state index contributed by atoms with van der Waals surface area (Å²) in [6.07, 6.45) is 0. The second kappa shape index (κ2) is 4.76. The molecule has 2 heterocycles. The highest BCUT2D eigenvalue weighted by Crippen LogP contribution is 2.44. The molecule has 1 aromatic carbocycles. The van der Waals surface area contributed by atoms with E-state index in [4.69, 9.17) is 5.73 Å². The summed E-state index contributed by atoms with van der Waals surface area (Å²) in [4.78, 5) is 14.2. The second-order valence-corrected chi connectivity index (χ2v) is 6.23. The van der Waals surface area contributed by atoms with Gasteiger partial charge in [0.2, 0.25) is 5.91 Å². The summed E-state index contributed by atoms with van der Waals surface area (Å²) in [6, 6.07) is 11.3. The van der Waals surface area contributed by atoms with Crippen molar-refractivity contribution in [2.45, 2.75) is 16.2 Å². The van der Waals surface area contributed by atoms with E-state index in [9.17, 15) is 4.79 Å². The molecule has 0 bridgehead atoms. The summed E-state index contributed by atoms with van der Waals surface area (Å²) in [5.74, 6) is -0.120. The van der Waals surface area contributed by atoms with Crippen LogP contribution in [0.4, 0.5) is 5.69 Å². The molecule has 0 saturated carbocycles. The van der Waals surface area contributed by atoms with Gasteiger partial charge >= 0.3 is 0 Å². The van der Waals surface area contributed by atoms with E-state index in [0.29, 0.717) is 0 Å². The van der Waals surface area contributed by atoms with Crippen LogP contribution in [-0.2, 0) is 4.79 Å². The summed E-state index contributed by atoms with van der Waals surface area (Å²) in [5.41, 5.74) is 6.92. The third kappa shape index (κ3) is 2.05. The summed E-state index contributed by atoms with van der Waals surface area (Å²) < 4.78 is 0. The van der Waals surface area contributed by atoms with Gasteiger partial charge in [0.1, 0.15) is 6.04 Å². The standard InChI is InChI=1S/C13H12N2OS2/c14-11-12(10-6-3-7-17-10)18-9-5-2-1-4-8(9)15-13(11)16/h1-7,11-12H,14H2,(H,15,16)/t11-,12-/m0/s1. The summed E-state index contributed by atoms with van der Waals surface area (Å²) in [5, 5.41) is 4.88. The zero-order chi connectivity index (χ0) is 12.5. The van der Waals surface area contributed by atoms with Crippen LogP contribution in [0.3, 0.4) is 0 Å². The number of anilines is 1. The number of nitrogens with two attached hydrogens (primary N) is 1. The number of thioether (sulfide) groups is 1. The number of fused-ring (bicyclic) bond motifs is 1. The smallest absolute Gasteiger partial charge is 0.242 e. The molecule has 1 aliphatic rings. The van der Waals surface area contributed by atoms with Crippen molar-refractivity contribution in [3.63, 3.8) is 0 Å². The van der Waals surface area contributed by atoms with Gasteiger partial charge in [-0.15, -0.1) is 23.1 Å². The average Bonchev–Trinajstić information content (AvgIpc) is 2.86. The quantitative estimate of drug-likeness (QED) is 0.842. The molecule has 0 unspecified atom stereocenters. The number of carbonyl (C=O) groups is 1. The topological polar surface area (TPSA) is 55.1 Å². The summed E-state index contributed by atoms with van der Waals surface area (Å²) >= 11 is 3.29. The van der Waals surface area contributed by atoms with Crippen LogP contribution in [0.15, 0.2) is 46.7 Å². The van der Waals surface area contributed by atoms with Crippen LogP contribution < -0.4 is 11.1 Å². The number of para-hydroxylation sites is 1. The van der Waals surface area contributed by atoms with E-state index in [1.54, 1.807) is 23.1 Å². The normalized spacial score (nSPS) is 23.1. The molecule has 1 aliphatic heterocycles. The van der Waals surface area contributed by atoms with E-state index in [-0.39, 0.29) is 11.2 Å². The highest BCUT2D eigenvalue weighted by molar-refractivity contribution is 8.00. The maximum absolute atomic E-state index is 12.0. The van der Waals surface area contributed by atoms with E-state index in [1.165, 1.54) is 0 Å². The van der Waals surface area contributed by atoms with Gasteiger partial charge < -0.3 is 11.1 Å². The molecule has 0 radical (unpaired) electrons. The Morgan fingerprint density at radius 1 is 1.17 bits per heavy atom. The van der Waals surface area contributed by atoms with Gasteiger partial charge in [-0.25, -0.2) is 0 Å². The van der Waals surface area contributed by atoms with Crippen LogP contribution in [0.25, 0.3) is 0 Å². The van der Waals surface area contributed by atoms with Crippen molar-refractivity contribution in [3.05, 3.63) is 46.7 Å². The number of rotatable bonds is 1. The largest absolute Gasteiger partial charge is 0.324 e. The van der Waals surface area contributed by atoms with Crippen molar-refractivity contribution in [2.75, 3.05) is 5.32 Å². The van der Waals surface area contributed by atoms with Gasteiger partial charge in [-0.1, -0.05) is 18.2 Å². The fourth-order valence-corrected chi connectivity index (χ4v) is 4.13. The first-order chi connectivity index (χ1) is 8.75. The third-order valence-electron chi connectivity index (χ3n) is 2.85. The minimum atomic E-state index is -0.527. The minimum Gasteiger partial charge on any atom is -0.324 e. The van der Waals surface area contributed by atoms with Crippen molar-refractivity contribution >= 4 is 34.7 Å². The van der Waals surface area contributed by atoms with E-state index in [0.717, 1.165) is 15.5 Å².